The molecule has 1 N–H and O–H groups in total. The van der Waals surface area contributed by atoms with Gasteiger partial charge in [-0.2, -0.15) is 0 Å². The van der Waals surface area contributed by atoms with E-state index in [0.717, 1.165) is 10.5 Å². The van der Waals surface area contributed by atoms with Crippen LogP contribution >= 0.6 is 0 Å². The Labute approximate surface area is 127 Å². The molecule has 22 heavy (non-hydrogen) atoms. The summed E-state index contributed by atoms with van der Waals surface area (Å²) >= 11 is 0. The molecule has 1 aromatic rings. The highest BCUT2D eigenvalue weighted by Gasteiger charge is 2.29. The summed E-state index contributed by atoms with van der Waals surface area (Å²) in [5.41, 5.74) is 0.776. The summed E-state index contributed by atoms with van der Waals surface area (Å²) in [7, 11) is 1.65. The zero-order chi connectivity index (χ0) is 16.1. The maximum atomic E-state index is 12.7. The molecule has 2 rings (SSSR count). The van der Waals surface area contributed by atoms with E-state index in [4.69, 9.17) is 0 Å². The van der Waals surface area contributed by atoms with Crippen LogP contribution in [-0.2, 0) is 11.3 Å². The zero-order valence-corrected chi connectivity index (χ0v) is 12.3. The molecular weight excluding hydrogens is 292 g/mol. The lowest BCUT2D eigenvalue weighted by molar-refractivity contribution is -0.126. The average molecular weight is 311 g/mol. The smallest absolute Gasteiger partial charge is 0.318 e. The third-order valence-electron chi connectivity index (χ3n) is 3.53. The summed E-state index contributed by atoms with van der Waals surface area (Å²) in [4.78, 5) is 26.2. The van der Waals surface area contributed by atoms with E-state index >= 15 is 0 Å². The Balaban J connectivity index is 1.98. The van der Waals surface area contributed by atoms with E-state index in [0.29, 0.717) is 6.54 Å². The largest absolute Gasteiger partial charge is 0.344 e. The topological polar surface area (TPSA) is 52.7 Å². The van der Waals surface area contributed by atoms with Gasteiger partial charge in [-0.3, -0.25) is 4.79 Å². The fourth-order valence-electron chi connectivity index (χ4n) is 2.42. The van der Waals surface area contributed by atoms with Crippen molar-refractivity contribution in [2.75, 3.05) is 20.1 Å². The highest BCUT2D eigenvalue weighted by atomic mass is 19.3. The minimum atomic E-state index is -2.61. The summed E-state index contributed by atoms with van der Waals surface area (Å²) in [5, 5.41) is 2.66. The van der Waals surface area contributed by atoms with Crippen molar-refractivity contribution in [2.24, 2.45) is 0 Å². The number of hydrogen-bond donors (Lipinski definition) is 1. The van der Waals surface area contributed by atoms with Gasteiger partial charge in [0.15, 0.2) is 0 Å². The lowest BCUT2D eigenvalue weighted by atomic mass is 10.2. The molecule has 3 amide bonds. The second-order valence-corrected chi connectivity index (χ2v) is 5.38. The van der Waals surface area contributed by atoms with Crippen LogP contribution in [0.15, 0.2) is 30.3 Å². The number of rotatable bonds is 5. The predicted octanol–water partition coefficient (Wildman–Crippen LogP) is 1.69. The number of carbonyl (C=O) groups excluding carboxylic acids is 2. The molecule has 1 aliphatic heterocycles. The lowest BCUT2D eigenvalue weighted by Gasteiger charge is -2.24. The Morgan fingerprint density at radius 3 is 2.64 bits per heavy atom. The Kier molecular flexibility index (Phi) is 5.30. The molecule has 5 nitrogen and oxygen atoms in total. The van der Waals surface area contributed by atoms with E-state index in [9.17, 15) is 18.4 Å². The first-order chi connectivity index (χ1) is 10.5. The number of amides is 3. The number of halogens is 2. The van der Waals surface area contributed by atoms with Gasteiger partial charge in [-0.15, -0.1) is 0 Å². The quantitative estimate of drug-likeness (QED) is 0.900. The molecule has 120 valence electrons. The van der Waals surface area contributed by atoms with Crippen LogP contribution in [0.1, 0.15) is 12.0 Å². The van der Waals surface area contributed by atoms with Gasteiger partial charge in [-0.1, -0.05) is 30.3 Å². The van der Waals surface area contributed by atoms with E-state index in [2.05, 4.69) is 5.32 Å². The molecule has 0 spiro atoms. The van der Waals surface area contributed by atoms with E-state index in [1.54, 1.807) is 31.3 Å². The number of hydrogen-bond acceptors (Lipinski definition) is 2. The Hall–Kier alpha value is -2.18. The van der Waals surface area contributed by atoms with Crippen LogP contribution in [0.4, 0.5) is 13.6 Å². The zero-order valence-electron chi connectivity index (χ0n) is 12.3. The molecule has 0 aliphatic carbocycles. The number of alkyl halides is 2. The Morgan fingerprint density at radius 2 is 2.09 bits per heavy atom. The number of urea groups is 1. The first-order valence-corrected chi connectivity index (χ1v) is 7.07. The van der Waals surface area contributed by atoms with Gasteiger partial charge in [0.1, 0.15) is 0 Å². The van der Waals surface area contributed by atoms with Crippen molar-refractivity contribution in [1.82, 2.24) is 15.1 Å². The molecule has 1 aromatic carbocycles. The molecule has 1 heterocycles. The first-order valence-electron chi connectivity index (χ1n) is 7.07. The highest BCUT2D eigenvalue weighted by molar-refractivity contribution is 5.81. The molecule has 1 fully saturated rings. The molecule has 1 atom stereocenters. The number of nitrogens with one attached hydrogen (secondary N) is 1. The van der Waals surface area contributed by atoms with E-state index in [1.807, 2.05) is 6.07 Å². The van der Waals surface area contributed by atoms with E-state index in [1.165, 1.54) is 4.90 Å². The lowest BCUT2D eigenvalue weighted by Crippen LogP contribution is -2.46. The van der Waals surface area contributed by atoms with Crippen LogP contribution in [-0.4, -0.2) is 54.3 Å². The van der Waals surface area contributed by atoms with Crippen molar-refractivity contribution >= 4 is 11.9 Å². The normalized spacial score (nSPS) is 17.9. The maximum absolute atomic E-state index is 12.7. The van der Waals surface area contributed by atoms with Crippen molar-refractivity contribution in [3.8, 4) is 0 Å². The minimum Gasteiger partial charge on any atom is -0.344 e. The predicted molar refractivity (Wildman–Crippen MR) is 77.4 cm³/mol. The van der Waals surface area contributed by atoms with Crippen LogP contribution in [0.3, 0.4) is 0 Å². The molecular formula is C15H19F2N3O2. The number of nitrogens with zero attached hydrogens (tertiary/aromatic N) is 2. The fourth-order valence-corrected chi connectivity index (χ4v) is 2.42. The number of likely N-dealkylation sites (tertiary alicyclic amines) is 1. The van der Waals surface area contributed by atoms with Gasteiger partial charge < -0.3 is 15.1 Å². The van der Waals surface area contributed by atoms with Crippen LogP contribution < -0.4 is 5.32 Å². The fraction of sp³-hybridized carbons (Fsp3) is 0.467. The van der Waals surface area contributed by atoms with Crippen LogP contribution in [0.25, 0.3) is 0 Å². The van der Waals surface area contributed by atoms with Gasteiger partial charge in [0, 0.05) is 26.6 Å². The summed E-state index contributed by atoms with van der Waals surface area (Å²) in [5.74, 6) is -0.0613. The average Bonchev–Trinajstić information content (AvgIpc) is 2.77. The van der Waals surface area contributed by atoms with Gasteiger partial charge in [0.25, 0.3) is 6.43 Å². The standard InChI is InChI=1S/C15H19F2N3O2/c1-19-9-12(7-14(19)21)18-15(22)20(10-13(16)17)8-11-5-3-2-4-6-11/h2-6,12-13H,7-10H2,1H3,(H,18,22)/t12-/m0/s1. The first kappa shape index (κ1) is 16.2. The third-order valence-corrected chi connectivity index (χ3v) is 3.53. The van der Waals surface area contributed by atoms with Crippen molar-refractivity contribution in [3.63, 3.8) is 0 Å². The van der Waals surface area contributed by atoms with Crippen molar-refractivity contribution in [3.05, 3.63) is 35.9 Å². The van der Waals surface area contributed by atoms with Crippen molar-refractivity contribution in [1.29, 1.82) is 0 Å². The number of carbonyl (C=O) groups is 2. The summed E-state index contributed by atoms with van der Waals surface area (Å²) in [6, 6.07) is 8.05. The van der Waals surface area contributed by atoms with Crippen LogP contribution in [0.5, 0.6) is 0 Å². The SMILES string of the molecule is CN1C[C@@H](NC(=O)N(Cc2ccccc2)CC(F)F)CC1=O. The van der Waals surface area contributed by atoms with Crippen LogP contribution in [0, 0.1) is 0 Å². The monoisotopic (exact) mass is 311 g/mol. The number of benzene rings is 1. The highest BCUT2D eigenvalue weighted by Crippen LogP contribution is 2.11. The summed E-state index contributed by atoms with van der Waals surface area (Å²) in [6.45, 7) is -0.136. The van der Waals surface area contributed by atoms with Crippen molar-refractivity contribution in [2.45, 2.75) is 25.4 Å². The Morgan fingerprint density at radius 1 is 1.41 bits per heavy atom. The molecule has 1 saturated heterocycles. The molecule has 0 unspecified atom stereocenters. The van der Waals surface area contributed by atoms with Gasteiger partial charge >= 0.3 is 6.03 Å². The van der Waals surface area contributed by atoms with Crippen molar-refractivity contribution < 1.29 is 18.4 Å². The third kappa shape index (κ3) is 4.41. The van der Waals surface area contributed by atoms with E-state index in [-0.39, 0.29) is 24.9 Å². The molecule has 1 aliphatic rings. The second-order valence-electron chi connectivity index (χ2n) is 5.38. The number of likely N-dealkylation sites (N-methyl/N-ethyl adjacent to an activating group) is 1. The van der Waals surface area contributed by atoms with E-state index < -0.39 is 19.0 Å². The van der Waals surface area contributed by atoms with Crippen LogP contribution in [0.2, 0.25) is 0 Å². The molecule has 0 bridgehead atoms. The van der Waals surface area contributed by atoms with Gasteiger partial charge in [-0.25, -0.2) is 13.6 Å². The van der Waals surface area contributed by atoms with Gasteiger partial charge in [0.05, 0.1) is 12.6 Å². The second kappa shape index (κ2) is 7.20. The maximum Gasteiger partial charge on any atom is 0.318 e. The van der Waals surface area contributed by atoms with Gasteiger partial charge in [-0.05, 0) is 5.56 Å². The molecule has 0 radical (unpaired) electrons. The Bertz CT molecular complexity index is 525. The minimum absolute atomic E-state index is 0.0613. The molecule has 7 heteroatoms. The molecule has 0 saturated carbocycles. The summed E-state index contributed by atoms with van der Waals surface area (Å²) < 4.78 is 25.4. The summed E-state index contributed by atoms with van der Waals surface area (Å²) in [6.07, 6.45) is -2.40. The molecule has 0 aromatic heterocycles. The van der Waals surface area contributed by atoms with Gasteiger partial charge in [0.2, 0.25) is 5.91 Å².